The van der Waals surface area contributed by atoms with Crippen LogP contribution in [0.15, 0.2) is 64.8 Å². The topological polar surface area (TPSA) is 94.2 Å². The van der Waals surface area contributed by atoms with Gasteiger partial charge in [-0.15, -0.1) is 0 Å². The minimum absolute atomic E-state index is 0.00773. The van der Waals surface area contributed by atoms with Crippen LogP contribution in [0.25, 0.3) is 0 Å². The molecule has 7 heteroatoms. The molecule has 1 heterocycles. The molecule has 0 bridgehead atoms. The summed E-state index contributed by atoms with van der Waals surface area (Å²) in [5.74, 6) is -0.918. The van der Waals surface area contributed by atoms with Gasteiger partial charge in [0, 0.05) is 12.1 Å². The smallest absolute Gasteiger partial charge is 0.341 e. The largest absolute Gasteiger partial charge is 0.467 e. The number of hydrogen-bond donors (Lipinski definition) is 0. The molecule has 0 fully saturated rings. The molecule has 0 aromatic heterocycles. The molecule has 3 atom stereocenters. The first-order chi connectivity index (χ1) is 12.0. The lowest BCUT2D eigenvalue weighted by Gasteiger charge is -2.31. The first kappa shape index (κ1) is 16.8. The van der Waals surface area contributed by atoms with E-state index in [9.17, 15) is 14.9 Å². The molecule has 0 N–H and O–H groups in total. The number of nitrogens with zero attached hydrogens (tertiary/aromatic N) is 3. The number of carbonyl (C=O) groups is 1. The molecular formula is C18H17N3O4. The highest BCUT2D eigenvalue weighted by Gasteiger charge is 2.55. The SMILES string of the molecule is COC(=O)[C@@]1(c2ccccc2)N=N[C@@H](C)[C@H]1c1ccc([N+](=O)[O-])cc1. The molecule has 128 valence electrons. The summed E-state index contributed by atoms with van der Waals surface area (Å²) >= 11 is 0. The van der Waals surface area contributed by atoms with Gasteiger partial charge in [-0.1, -0.05) is 42.5 Å². The first-order valence-corrected chi connectivity index (χ1v) is 7.81. The number of benzene rings is 2. The molecule has 0 unspecified atom stereocenters. The Labute approximate surface area is 144 Å². The van der Waals surface area contributed by atoms with Crippen LogP contribution in [-0.2, 0) is 15.1 Å². The fraction of sp³-hybridized carbons (Fsp3) is 0.278. The van der Waals surface area contributed by atoms with E-state index in [0.29, 0.717) is 5.56 Å². The number of methoxy groups -OCH3 is 1. The summed E-state index contributed by atoms with van der Waals surface area (Å²) in [6.45, 7) is 1.86. The normalized spacial score (nSPS) is 24.9. The van der Waals surface area contributed by atoms with E-state index in [1.54, 1.807) is 12.1 Å². The van der Waals surface area contributed by atoms with Crippen molar-refractivity contribution in [1.29, 1.82) is 0 Å². The van der Waals surface area contributed by atoms with Gasteiger partial charge < -0.3 is 4.74 Å². The molecule has 2 aromatic rings. The maximum absolute atomic E-state index is 12.8. The van der Waals surface area contributed by atoms with Gasteiger partial charge in [0.1, 0.15) is 0 Å². The quantitative estimate of drug-likeness (QED) is 0.483. The Morgan fingerprint density at radius 2 is 1.80 bits per heavy atom. The van der Waals surface area contributed by atoms with E-state index in [1.165, 1.54) is 19.2 Å². The Morgan fingerprint density at radius 3 is 2.36 bits per heavy atom. The minimum Gasteiger partial charge on any atom is -0.467 e. The second-order valence-corrected chi connectivity index (χ2v) is 5.91. The van der Waals surface area contributed by atoms with Crippen molar-refractivity contribution in [2.45, 2.75) is 24.4 Å². The van der Waals surface area contributed by atoms with E-state index in [0.717, 1.165) is 5.56 Å². The third-order valence-electron chi connectivity index (χ3n) is 4.50. The summed E-state index contributed by atoms with van der Waals surface area (Å²) < 4.78 is 5.05. The second-order valence-electron chi connectivity index (χ2n) is 5.91. The number of rotatable bonds is 4. The van der Waals surface area contributed by atoms with Crippen LogP contribution in [0.5, 0.6) is 0 Å². The van der Waals surface area contributed by atoms with Gasteiger partial charge in [-0.25, -0.2) is 4.79 Å². The van der Waals surface area contributed by atoms with Crippen LogP contribution in [0.1, 0.15) is 24.0 Å². The van der Waals surface area contributed by atoms with Crippen LogP contribution in [0.2, 0.25) is 0 Å². The summed E-state index contributed by atoms with van der Waals surface area (Å²) in [6, 6.07) is 15.0. The zero-order valence-corrected chi connectivity index (χ0v) is 13.8. The lowest BCUT2D eigenvalue weighted by atomic mass is 9.73. The molecular weight excluding hydrogens is 322 g/mol. The highest BCUT2D eigenvalue weighted by molar-refractivity contribution is 5.85. The molecule has 0 amide bonds. The van der Waals surface area contributed by atoms with Crippen molar-refractivity contribution in [1.82, 2.24) is 0 Å². The molecule has 3 rings (SSSR count). The average Bonchev–Trinajstić information content (AvgIpc) is 3.00. The fourth-order valence-electron chi connectivity index (χ4n) is 3.35. The summed E-state index contributed by atoms with van der Waals surface area (Å²) in [5, 5.41) is 19.5. The van der Waals surface area contributed by atoms with Crippen LogP contribution >= 0.6 is 0 Å². The first-order valence-electron chi connectivity index (χ1n) is 7.81. The monoisotopic (exact) mass is 339 g/mol. The number of esters is 1. The average molecular weight is 339 g/mol. The second kappa shape index (κ2) is 6.43. The number of nitro benzene ring substituents is 1. The maximum atomic E-state index is 12.8. The van der Waals surface area contributed by atoms with Crippen molar-refractivity contribution in [3.8, 4) is 0 Å². The lowest BCUT2D eigenvalue weighted by molar-refractivity contribution is -0.384. The molecule has 0 saturated heterocycles. The van der Waals surface area contributed by atoms with E-state index in [1.807, 2.05) is 37.3 Å². The molecule has 0 spiro atoms. The van der Waals surface area contributed by atoms with Gasteiger partial charge in [-0.3, -0.25) is 10.1 Å². The van der Waals surface area contributed by atoms with Gasteiger partial charge in [0.2, 0.25) is 5.54 Å². The van der Waals surface area contributed by atoms with Gasteiger partial charge in [0.05, 0.1) is 24.0 Å². The van der Waals surface area contributed by atoms with E-state index in [2.05, 4.69) is 10.2 Å². The zero-order chi connectivity index (χ0) is 18.0. The van der Waals surface area contributed by atoms with E-state index < -0.39 is 22.3 Å². The predicted octanol–water partition coefficient (Wildman–Crippen LogP) is 3.60. The Balaban J connectivity index is 2.15. The van der Waals surface area contributed by atoms with Crippen molar-refractivity contribution < 1.29 is 14.5 Å². The number of non-ortho nitro benzene ring substituents is 1. The molecule has 7 nitrogen and oxygen atoms in total. The van der Waals surface area contributed by atoms with E-state index in [4.69, 9.17) is 4.74 Å². The Hall–Kier alpha value is -3.09. The van der Waals surface area contributed by atoms with Crippen molar-refractivity contribution in [2.24, 2.45) is 10.2 Å². The maximum Gasteiger partial charge on any atom is 0.341 e. The number of azo groups is 1. The number of carbonyl (C=O) groups excluding carboxylic acids is 1. The summed E-state index contributed by atoms with van der Waals surface area (Å²) in [4.78, 5) is 23.2. The summed E-state index contributed by atoms with van der Waals surface area (Å²) in [7, 11) is 1.32. The Morgan fingerprint density at radius 1 is 1.16 bits per heavy atom. The molecule has 1 aliphatic rings. The predicted molar refractivity (Wildman–Crippen MR) is 90.3 cm³/mol. The van der Waals surface area contributed by atoms with Gasteiger partial charge in [0.25, 0.3) is 5.69 Å². The lowest BCUT2D eigenvalue weighted by Crippen LogP contribution is -2.41. The van der Waals surface area contributed by atoms with Crippen LogP contribution in [-0.4, -0.2) is 24.0 Å². The number of ether oxygens (including phenoxy) is 1. The van der Waals surface area contributed by atoms with Gasteiger partial charge in [0.15, 0.2) is 0 Å². The third-order valence-corrected chi connectivity index (χ3v) is 4.50. The van der Waals surface area contributed by atoms with Gasteiger partial charge in [-0.05, 0) is 18.1 Å². The third kappa shape index (κ3) is 2.67. The van der Waals surface area contributed by atoms with Crippen LogP contribution in [0, 0.1) is 10.1 Å². The highest BCUT2D eigenvalue weighted by atomic mass is 16.6. The molecule has 1 aliphatic heterocycles. The molecule has 0 radical (unpaired) electrons. The van der Waals surface area contributed by atoms with Crippen molar-refractivity contribution >= 4 is 11.7 Å². The van der Waals surface area contributed by atoms with Crippen molar-refractivity contribution in [2.75, 3.05) is 7.11 Å². The standard InChI is InChI=1S/C18H17N3O4/c1-12-16(13-8-10-15(11-9-13)21(23)24)18(20-19-12,17(22)25-2)14-6-4-3-5-7-14/h3-12,16H,1-2H3/t12-,16-,18-/m0/s1. The van der Waals surface area contributed by atoms with Crippen LogP contribution < -0.4 is 0 Å². The van der Waals surface area contributed by atoms with Gasteiger partial charge >= 0.3 is 5.97 Å². The van der Waals surface area contributed by atoms with Crippen molar-refractivity contribution in [3.63, 3.8) is 0 Å². The summed E-state index contributed by atoms with van der Waals surface area (Å²) in [6.07, 6.45) is 0. The molecule has 0 aliphatic carbocycles. The molecule has 25 heavy (non-hydrogen) atoms. The number of nitro groups is 1. The van der Waals surface area contributed by atoms with Gasteiger partial charge in [-0.2, -0.15) is 10.2 Å². The fourth-order valence-corrected chi connectivity index (χ4v) is 3.35. The van der Waals surface area contributed by atoms with E-state index >= 15 is 0 Å². The van der Waals surface area contributed by atoms with E-state index in [-0.39, 0.29) is 11.7 Å². The zero-order valence-electron chi connectivity index (χ0n) is 13.8. The summed E-state index contributed by atoms with van der Waals surface area (Å²) in [5.41, 5.74) is 0.119. The van der Waals surface area contributed by atoms with Crippen LogP contribution in [0.3, 0.4) is 0 Å². The number of hydrogen-bond acceptors (Lipinski definition) is 6. The highest BCUT2D eigenvalue weighted by Crippen LogP contribution is 2.49. The Bertz CT molecular complexity index is 820. The van der Waals surface area contributed by atoms with Crippen molar-refractivity contribution in [3.05, 3.63) is 75.8 Å². The van der Waals surface area contributed by atoms with Crippen LogP contribution in [0.4, 0.5) is 5.69 Å². The Kier molecular flexibility index (Phi) is 4.31. The minimum atomic E-state index is -1.30. The molecule has 0 saturated carbocycles. The molecule has 2 aromatic carbocycles.